The van der Waals surface area contributed by atoms with Crippen LogP contribution >= 0.6 is 0 Å². The first-order valence-corrected chi connectivity index (χ1v) is 6.95. The summed E-state index contributed by atoms with van der Waals surface area (Å²) in [5.41, 5.74) is 1.31. The second kappa shape index (κ2) is 6.57. The van der Waals surface area contributed by atoms with Gasteiger partial charge < -0.3 is 15.2 Å². The number of ether oxygens (including phenoxy) is 1. The summed E-state index contributed by atoms with van der Waals surface area (Å²) < 4.78 is 5.49. The molecule has 0 aromatic heterocycles. The highest BCUT2D eigenvalue weighted by molar-refractivity contribution is 5.97. The number of carbonyl (C=O) groups is 1. The van der Waals surface area contributed by atoms with E-state index >= 15 is 0 Å². The Bertz CT molecular complexity index is 445. The number of fused-ring (bicyclic) bond motifs is 1. The van der Waals surface area contributed by atoms with Gasteiger partial charge in [-0.1, -0.05) is 32.3 Å². The molecule has 0 saturated carbocycles. The summed E-state index contributed by atoms with van der Waals surface area (Å²) in [6.07, 6.45) is 3.47. The molecule has 2 N–H and O–H groups in total. The predicted octanol–water partition coefficient (Wildman–Crippen LogP) is 2.42. The van der Waals surface area contributed by atoms with E-state index in [0.717, 1.165) is 31.2 Å². The molecule has 1 amide bonds. The molecule has 0 fully saturated rings. The topological polar surface area (TPSA) is 58.6 Å². The Balaban J connectivity index is 2.12. The molecule has 0 bridgehead atoms. The summed E-state index contributed by atoms with van der Waals surface area (Å²) in [5.74, 6) is 0.467. The van der Waals surface area contributed by atoms with Crippen LogP contribution in [0.5, 0.6) is 5.75 Å². The molecule has 0 aliphatic carbocycles. The molecule has 1 heterocycles. The fraction of sp³-hybridized carbons (Fsp3) is 0.533. The zero-order valence-electron chi connectivity index (χ0n) is 11.3. The van der Waals surface area contributed by atoms with Crippen molar-refractivity contribution in [2.24, 2.45) is 0 Å². The van der Waals surface area contributed by atoms with E-state index in [1.807, 2.05) is 6.07 Å². The first-order chi connectivity index (χ1) is 9.22. The summed E-state index contributed by atoms with van der Waals surface area (Å²) in [4.78, 5) is 11.9. The van der Waals surface area contributed by atoms with Crippen LogP contribution in [0.1, 0.15) is 54.6 Å². The Morgan fingerprint density at radius 2 is 2.26 bits per heavy atom. The number of hydrogen-bond acceptors (Lipinski definition) is 3. The van der Waals surface area contributed by atoms with Crippen LogP contribution < -0.4 is 10.1 Å². The molecule has 1 aromatic rings. The summed E-state index contributed by atoms with van der Waals surface area (Å²) in [7, 11) is 0. The molecule has 0 radical (unpaired) electrons. The molecule has 0 spiro atoms. The van der Waals surface area contributed by atoms with Crippen LogP contribution in [0.3, 0.4) is 0 Å². The summed E-state index contributed by atoms with van der Waals surface area (Å²) in [6.45, 7) is 3.13. The number of nitrogens with one attached hydrogen (secondary N) is 1. The minimum absolute atomic E-state index is 0.130. The van der Waals surface area contributed by atoms with E-state index in [0.29, 0.717) is 24.5 Å². The number of unbranched alkanes of at least 4 members (excludes halogenated alkanes) is 2. The van der Waals surface area contributed by atoms with Gasteiger partial charge >= 0.3 is 0 Å². The summed E-state index contributed by atoms with van der Waals surface area (Å²) in [6, 6.07) is 5.36. The van der Waals surface area contributed by atoms with Gasteiger partial charge in [-0.15, -0.1) is 0 Å². The third-order valence-corrected chi connectivity index (χ3v) is 3.36. The van der Waals surface area contributed by atoms with Crippen molar-refractivity contribution in [3.8, 4) is 5.75 Å². The van der Waals surface area contributed by atoms with Crippen LogP contribution in [0.15, 0.2) is 18.2 Å². The Morgan fingerprint density at radius 1 is 1.42 bits per heavy atom. The van der Waals surface area contributed by atoms with Crippen molar-refractivity contribution in [2.45, 2.75) is 38.7 Å². The van der Waals surface area contributed by atoms with E-state index in [4.69, 9.17) is 4.74 Å². The van der Waals surface area contributed by atoms with Gasteiger partial charge in [-0.3, -0.25) is 4.79 Å². The number of carbonyl (C=O) groups excluding carboxylic acids is 1. The lowest BCUT2D eigenvalue weighted by atomic mass is 10.0. The molecule has 4 nitrogen and oxygen atoms in total. The highest BCUT2D eigenvalue weighted by atomic mass is 16.5. The first-order valence-electron chi connectivity index (χ1n) is 6.95. The molecule has 1 atom stereocenters. The van der Waals surface area contributed by atoms with Crippen LogP contribution in [-0.4, -0.2) is 24.2 Å². The number of benzene rings is 1. The number of hydrogen-bond donors (Lipinski definition) is 2. The van der Waals surface area contributed by atoms with Crippen molar-refractivity contribution >= 4 is 5.91 Å². The molecule has 1 aromatic carbocycles. The maximum atomic E-state index is 11.9. The van der Waals surface area contributed by atoms with Gasteiger partial charge in [0.05, 0.1) is 18.2 Å². The number of rotatable bonds is 5. The number of aliphatic hydroxyl groups excluding tert-OH is 1. The third kappa shape index (κ3) is 3.47. The molecule has 1 aliphatic heterocycles. The lowest BCUT2D eigenvalue weighted by Crippen LogP contribution is -2.24. The summed E-state index contributed by atoms with van der Waals surface area (Å²) >= 11 is 0. The lowest BCUT2D eigenvalue weighted by Gasteiger charge is -2.13. The summed E-state index contributed by atoms with van der Waals surface area (Å²) in [5, 5.41) is 12.9. The standard InChI is InChI=1S/C15H21NO3/c1-2-3-4-5-13(17)11-6-7-14-12(10-11)15(18)16-8-9-19-14/h6-7,10,13,17H,2-5,8-9H2,1H3,(H,16,18). The van der Waals surface area contributed by atoms with E-state index in [1.54, 1.807) is 12.1 Å². The normalized spacial score (nSPS) is 16.0. The Hall–Kier alpha value is -1.55. The molecule has 1 aliphatic rings. The average molecular weight is 263 g/mol. The van der Waals surface area contributed by atoms with Gasteiger partial charge in [-0.2, -0.15) is 0 Å². The largest absolute Gasteiger partial charge is 0.491 e. The highest BCUT2D eigenvalue weighted by Crippen LogP contribution is 2.27. The van der Waals surface area contributed by atoms with Crippen molar-refractivity contribution in [2.75, 3.05) is 13.2 Å². The number of aliphatic hydroxyl groups is 1. The zero-order valence-corrected chi connectivity index (χ0v) is 11.3. The van der Waals surface area contributed by atoms with E-state index in [-0.39, 0.29) is 5.91 Å². The van der Waals surface area contributed by atoms with Crippen molar-refractivity contribution < 1.29 is 14.6 Å². The lowest BCUT2D eigenvalue weighted by molar-refractivity contribution is 0.0956. The van der Waals surface area contributed by atoms with Crippen LogP contribution in [-0.2, 0) is 0 Å². The van der Waals surface area contributed by atoms with Gasteiger partial charge in [-0.05, 0) is 24.1 Å². The predicted molar refractivity (Wildman–Crippen MR) is 73.4 cm³/mol. The van der Waals surface area contributed by atoms with Crippen molar-refractivity contribution in [3.05, 3.63) is 29.3 Å². The van der Waals surface area contributed by atoms with Crippen LogP contribution in [0, 0.1) is 0 Å². The molecular formula is C15H21NO3. The Labute approximate surface area is 113 Å². The zero-order chi connectivity index (χ0) is 13.7. The van der Waals surface area contributed by atoms with Crippen molar-refractivity contribution in [3.63, 3.8) is 0 Å². The Kier molecular flexibility index (Phi) is 4.80. The second-order valence-electron chi connectivity index (χ2n) is 4.87. The van der Waals surface area contributed by atoms with Crippen molar-refractivity contribution in [1.29, 1.82) is 0 Å². The average Bonchev–Trinajstić information content (AvgIpc) is 2.61. The molecule has 2 rings (SSSR count). The molecule has 4 heteroatoms. The minimum Gasteiger partial charge on any atom is -0.491 e. The van der Waals surface area contributed by atoms with E-state index in [9.17, 15) is 9.90 Å². The van der Waals surface area contributed by atoms with Gasteiger partial charge in [0.15, 0.2) is 0 Å². The second-order valence-corrected chi connectivity index (χ2v) is 4.87. The molecular weight excluding hydrogens is 242 g/mol. The minimum atomic E-state index is -0.507. The van der Waals surface area contributed by atoms with Crippen molar-refractivity contribution in [1.82, 2.24) is 5.32 Å². The van der Waals surface area contributed by atoms with Crippen LogP contribution in [0.2, 0.25) is 0 Å². The van der Waals surface area contributed by atoms with E-state index in [2.05, 4.69) is 12.2 Å². The van der Waals surface area contributed by atoms with Crippen LogP contribution in [0.4, 0.5) is 0 Å². The van der Waals surface area contributed by atoms with Gasteiger partial charge in [0.2, 0.25) is 0 Å². The molecule has 19 heavy (non-hydrogen) atoms. The van der Waals surface area contributed by atoms with Gasteiger partial charge in [0.1, 0.15) is 12.4 Å². The molecule has 0 saturated heterocycles. The molecule has 1 unspecified atom stereocenters. The quantitative estimate of drug-likeness (QED) is 0.802. The monoisotopic (exact) mass is 263 g/mol. The van der Waals surface area contributed by atoms with E-state index in [1.165, 1.54) is 0 Å². The first kappa shape index (κ1) is 13.9. The van der Waals surface area contributed by atoms with E-state index < -0.39 is 6.10 Å². The molecule has 104 valence electrons. The van der Waals surface area contributed by atoms with Gasteiger partial charge in [-0.25, -0.2) is 0 Å². The fourth-order valence-corrected chi connectivity index (χ4v) is 2.23. The fourth-order valence-electron chi connectivity index (χ4n) is 2.23. The SMILES string of the molecule is CCCCCC(O)c1ccc2c(c1)C(=O)NCCO2. The third-order valence-electron chi connectivity index (χ3n) is 3.36. The highest BCUT2D eigenvalue weighted by Gasteiger charge is 2.18. The van der Waals surface area contributed by atoms with Crippen LogP contribution in [0.25, 0.3) is 0 Å². The maximum Gasteiger partial charge on any atom is 0.255 e. The van der Waals surface area contributed by atoms with Gasteiger partial charge in [0.25, 0.3) is 5.91 Å². The maximum absolute atomic E-state index is 11.9. The number of amides is 1. The van der Waals surface area contributed by atoms with Gasteiger partial charge in [0, 0.05) is 0 Å². The Morgan fingerprint density at radius 3 is 3.05 bits per heavy atom. The smallest absolute Gasteiger partial charge is 0.255 e.